The largest absolute Gasteiger partial charge is 0.329 e. The van der Waals surface area contributed by atoms with Crippen molar-refractivity contribution in [3.63, 3.8) is 0 Å². The van der Waals surface area contributed by atoms with Gasteiger partial charge in [0.05, 0.1) is 0 Å². The van der Waals surface area contributed by atoms with E-state index in [1.54, 1.807) is 0 Å². The van der Waals surface area contributed by atoms with Crippen molar-refractivity contribution < 1.29 is 0 Å². The van der Waals surface area contributed by atoms with Gasteiger partial charge in [-0.1, -0.05) is 33.6 Å². The number of rotatable bonds is 6. The predicted molar refractivity (Wildman–Crippen MR) is 78.6 cm³/mol. The highest BCUT2D eigenvalue weighted by molar-refractivity contribution is 5.04. The van der Waals surface area contributed by atoms with Gasteiger partial charge in [0, 0.05) is 18.1 Å². The van der Waals surface area contributed by atoms with Crippen molar-refractivity contribution in [3.05, 3.63) is 0 Å². The Morgan fingerprint density at radius 2 is 1.83 bits per heavy atom. The topological polar surface area (TPSA) is 29.3 Å². The summed E-state index contributed by atoms with van der Waals surface area (Å²) in [4.78, 5) is 2.83. The first kappa shape index (κ1) is 14.3. The van der Waals surface area contributed by atoms with Crippen LogP contribution in [-0.2, 0) is 0 Å². The molecule has 2 rings (SSSR count). The van der Waals surface area contributed by atoms with E-state index in [1.807, 2.05) is 0 Å². The van der Waals surface area contributed by atoms with Crippen LogP contribution in [0.2, 0.25) is 0 Å². The van der Waals surface area contributed by atoms with Crippen LogP contribution in [0.4, 0.5) is 0 Å². The summed E-state index contributed by atoms with van der Waals surface area (Å²) in [6.45, 7) is 9.19. The van der Waals surface area contributed by atoms with Crippen molar-refractivity contribution in [2.75, 3.05) is 13.1 Å². The van der Waals surface area contributed by atoms with Crippen molar-refractivity contribution in [1.29, 1.82) is 0 Å². The average Bonchev–Trinajstić information content (AvgIpc) is 2.79. The molecular weight excluding hydrogens is 220 g/mol. The SMILES string of the molecule is CC(C)CCN(C1CCCC1)C1(CN)CC(C)C1. The lowest BCUT2D eigenvalue weighted by molar-refractivity contribution is -0.0421. The van der Waals surface area contributed by atoms with E-state index in [0.717, 1.165) is 24.4 Å². The first-order chi connectivity index (χ1) is 8.57. The summed E-state index contributed by atoms with van der Waals surface area (Å²) in [5.41, 5.74) is 6.53. The molecule has 0 radical (unpaired) electrons. The van der Waals surface area contributed by atoms with E-state index in [1.165, 1.54) is 51.5 Å². The summed E-state index contributed by atoms with van der Waals surface area (Å²) < 4.78 is 0. The van der Waals surface area contributed by atoms with E-state index < -0.39 is 0 Å². The summed E-state index contributed by atoms with van der Waals surface area (Å²) >= 11 is 0. The number of hydrogen-bond acceptors (Lipinski definition) is 2. The Morgan fingerprint density at radius 1 is 1.22 bits per heavy atom. The van der Waals surface area contributed by atoms with E-state index in [0.29, 0.717) is 5.54 Å². The molecule has 2 nitrogen and oxygen atoms in total. The highest BCUT2D eigenvalue weighted by atomic mass is 15.2. The van der Waals surface area contributed by atoms with Gasteiger partial charge in [-0.2, -0.15) is 0 Å². The van der Waals surface area contributed by atoms with Gasteiger partial charge in [-0.25, -0.2) is 0 Å². The zero-order chi connectivity index (χ0) is 13.2. The zero-order valence-electron chi connectivity index (χ0n) is 12.6. The molecule has 2 saturated carbocycles. The van der Waals surface area contributed by atoms with E-state index >= 15 is 0 Å². The highest BCUT2D eigenvalue weighted by Gasteiger charge is 2.47. The van der Waals surface area contributed by atoms with Crippen molar-refractivity contribution in [2.24, 2.45) is 17.6 Å². The van der Waals surface area contributed by atoms with Gasteiger partial charge in [0.2, 0.25) is 0 Å². The van der Waals surface area contributed by atoms with Gasteiger partial charge >= 0.3 is 0 Å². The van der Waals surface area contributed by atoms with Crippen molar-refractivity contribution in [1.82, 2.24) is 4.90 Å². The molecule has 2 aliphatic rings. The summed E-state index contributed by atoms with van der Waals surface area (Å²) in [6, 6.07) is 0.833. The normalized spacial score (nSPS) is 33.3. The summed E-state index contributed by atoms with van der Waals surface area (Å²) in [5, 5.41) is 0. The smallest absolute Gasteiger partial charge is 0.0339 e. The Labute approximate surface area is 113 Å². The van der Waals surface area contributed by atoms with Crippen molar-refractivity contribution in [2.45, 2.75) is 77.3 Å². The third-order valence-corrected chi connectivity index (χ3v) is 5.16. The van der Waals surface area contributed by atoms with Crippen LogP contribution in [0.3, 0.4) is 0 Å². The molecule has 106 valence electrons. The van der Waals surface area contributed by atoms with Crippen LogP contribution in [0.15, 0.2) is 0 Å². The maximum Gasteiger partial charge on any atom is 0.0339 e. The molecule has 18 heavy (non-hydrogen) atoms. The molecular formula is C16H32N2. The van der Waals surface area contributed by atoms with Gasteiger partial charge in [-0.15, -0.1) is 0 Å². The third kappa shape index (κ3) is 2.91. The van der Waals surface area contributed by atoms with Gasteiger partial charge < -0.3 is 5.73 Å². The van der Waals surface area contributed by atoms with Gasteiger partial charge in [-0.3, -0.25) is 4.90 Å². The Morgan fingerprint density at radius 3 is 2.28 bits per heavy atom. The molecule has 2 aliphatic carbocycles. The third-order valence-electron chi connectivity index (χ3n) is 5.16. The second-order valence-corrected chi connectivity index (χ2v) is 7.26. The quantitative estimate of drug-likeness (QED) is 0.785. The fraction of sp³-hybridized carbons (Fsp3) is 1.00. The molecule has 0 saturated heterocycles. The lowest BCUT2D eigenvalue weighted by Crippen LogP contribution is -2.64. The molecule has 2 N–H and O–H groups in total. The highest BCUT2D eigenvalue weighted by Crippen LogP contribution is 2.44. The van der Waals surface area contributed by atoms with Crippen LogP contribution in [0.5, 0.6) is 0 Å². The van der Waals surface area contributed by atoms with E-state index in [9.17, 15) is 0 Å². The van der Waals surface area contributed by atoms with Crippen molar-refractivity contribution in [3.8, 4) is 0 Å². The molecule has 0 aromatic rings. The standard InChI is InChI=1S/C16H32N2/c1-13(2)8-9-18(15-6-4-5-7-15)16(12-17)10-14(3)11-16/h13-15H,4-12,17H2,1-3H3. The van der Waals surface area contributed by atoms with E-state index in [4.69, 9.17) is 5.73 Å². The first-order valence-corrected chi connectivity index (χ1v) is 8.04. The lowest BCUT2D eigenvalue weighted by Gasteiger charge is -2.55. The van der Waals surface area contributed by atoms with Gasteiger partial charge in [0.25, 0.3) is 0 Å². The first-order valence-electron chi connectivity index (χ1n) is 8.04. The molecule has 0 heterocycles. The minimum Gasteiger partial charge on any atom is -0.329 e. The summed E-state index contributed by atoms with van der Waals surface area (Å²) in [5.74, 6) is 1.69. The van der Waals surface area contributed by atoms with Crippen LogP contribution in [0.25, 0.3) is 0 Å². The maximum absolute atomic E-state index is 6.16. The predicted octanol–water partition coefficient (Wildman–Crippen LogP) is 3.40. The summed E-state index contributed by atoms with van der Waals surface area (Å²) in [7, 11) is 0. The molecule has 0 amide bonds. The molecule has 0 spiro atoms. The lowest BCUT2D eigenvalue weighted by atomic mass is 9.67. The van der Waals surface area contributed by atoms with Crippen molar-refractivity contribution >= 4 is 0 Å². The fourth-order valence-electron chi connectivity index (χ4n) is 4.18. The van der Waals surface area contributed by atoms with Crippen LogP contribution in [-0.4, -0.2) is 29.6 Å². The van der Waals surface area contributed by atoms with Gasteiger partial charge in [0.15, 0.2) is 0 Å². The Hall–Kier alpha value is -0.0800. The van der Waals surface area contributed by atoms with Crippen LogP contribution in [0, 0.1) is 11.8 Å². The minimum absolute atomic E-state index is 0.364. The molecule has 0 aromatic carbocycles. The van der Waals surface area contributed by atoms with Crippen LogP contribution >= 0.6 is 0 Å². The monoisotopic (exact) mass is 252 g/mol. The summed E-state index contributed by atoms with van der Waals surface area (Å²) in [6.07, 6.45) is 9.67. The van der Waals surface area contributed by atoms with Crippen LogP contribution < -0.4 is 5.73 Å². The zero-order valence-corrected chi connectivity index (χ0v) is 12.6. The fourth-order valence-corrected chi connectivity index (χ4v) is 4.18. The maximum atomic E-state index is 6.16. The molecule has 0 bridgehead atoms. The Bertz CT molecular complexity index is 250. The second-order valence-electron chi connectivity index (χ2n) is 7.26. The van der Waals surface area contributed by atoms with Gasteiger partial charge in [0.1, 0.15) is 0 Å². The van der Waals surface area contributed by atoms with Gasteiger partial charge in [-0.05, 0) is 50.5 Å². The van der Waals surface area contributed by atoms with E-state index in [-0.39, 0.29) is 0 Å². The molecule has 0 aliphatic heterocycles. The molecule has 0 unspecified atom stereocenters. The number of nitrogens with zero attached hydrogens (tertiary/aromatic N) is 1. The molecule has 0 atom stereocenters. The molecule has 2 fully saturated rings. The Kier molecular flexibility index (Phi) is 4.71. The molecule has 2 heteroatoms. The minimum atomic E-state index is 0.364. The Balaban J connectivity index is 2.02. The van der Waals surface area contributed by atoms with E-state index in [2.05, 4.69) is 25.7 Å². The molecule has 0 aromatic heterocycles. The number of hydrogen-bond donors (Lipinski definition) is 1. The number of nitrogens with two attached hydrogens (primary N) is 1. The average molecular weight is 252 g/mol. The second kappa shape index (κ2) is 5.92. The van der Waals surface area contributed by atoms with Crippen LogP contribution in [0.1, 0.15) is 65.7 Å².